The van der Waals surface area contributed by atoms with Crippen LogP contribution in [-0.2, 0) is 12.0 Å². The monoisotopic (exact) mass is 281 g/mol. The van der Waals surface area contributed by atoms with Crippen LogP contribution in [0.3, 0.4) is 0 Å². The number of hydrogen-bond donors (Lipinski definition) is 1. The minimum absolute atomic E-state index is 0.147. The molecular weight excluding hydrogens is 262 g/mol. The van der Waals surface area contributed by atoms with E-state index in [0.717, 1.165) is 18.1 Å². The summed E-state index contributed by atoms with van der Waals surface area (Å²) in [5.41, 5.74) is 1.58. The van der Waals surface area contributed by atoms with E-state index in [4.69, 9.17) is 11.6 Å². The van der Waals surface area contributed by atoms with Crippen molar-refractivity contribution < 1.29 is 0 Å². The molecule has 0 spiro atoms. The maximum absolute atomic E-state index is 6.14. The molecule has 1 N–H and O–H groups in total. The smallest absolute Gasteiger partial charge is 0.0413 e. The Bertz CT molecular complexity index is 551. The zero-order valence-electron chi connectivity index (χ0n) is 11.4. The van der Waals surface area contributed by atoms with E-state index in [1.165, 1.54) is 20.5 Å². The maximum Gasteiger partial charge on any atom is 0.0413 e. The Morgan fingerprint density at radius 1 is 1.28 bits per heavy atom. The Hall–Kier alpha value is -0.570. The summed E-state index contributed by atoms with van der Waals surface area (Å²) in [6.07, 6.45) is 0. The predicted octanol–water partition coefficient (Wildman–Crippen LogP) is 4.96. The Labute approximate surface area is 118 Å². The molecule has 1 aromatic carbocycles. The van der Waals surface area contributed by atoms with Crippen LogP contribution in [0.5, 0.6) is 0 Å². The average Bonchev–Trinajstić information content (AvgIpc) is 2.63. The van der Waals surface area contributed by atoms with E-state index >= 15 is 0 Å². The van der Waals surface area contributed by atoms with Crippen LogP contribution in [-0.4, -0.2) is 6.54 Å². The quantitative estimate of drug-likeness (QED) is 0.838. The first-order valence-electron chi connectivity index (χ1n) is 6.35. The second kappa shape index (κ2) is 5.20. The molecule has 1 aromatic heterocycles. The Balaban J connectivity index is 2.62. The molecule has 1 nitrogen and oxygen atoms in total. The summed E-state index contributed by atoms with van der Waals surface area (Å²) < 4.78 is 1.33. The van der Waals surface area contributed by atoms with E-state index in [2.05, 4.69) is 45.1 Å². The van der Waals surface area contributed by atoms with Crippen molar-refractivity contribution in [2.75, 3.05) is 6.54 Å². The second-order valence-electron chi connectivity index (χ2n) is 5.57. The lowest BCUT2D eigenvalue weighted by Crippen LogP contribution is -2.17. The Kier molecular flexibility index (Phi) is 4.00. The van der Waals surface area contributed by atoms with Crippen LogP contribution in [0.2, 0.25) is 5.02 Å². The average molecular weight is 282 g/mol. The van der Waals surface area contributed by atoms with E-state index in [9.17, 15) is 0 Å². The van der Waals surface area contributed by atoms with Gasteiger partial charge in [-0.05, 0) is 41.1 Å². The van der Waals surface area contributed by atoms with Gasteiger partial charge in [0.1, 0.15) is 0 Å². The highest BCUT2D eigenvalue weighted by Crippen LogP contribution is 2.40. The maximum atomic E-state index is 6.14. The summed E-state index contributed by atoms with van der Waals surface area (Å²) in [4.78, 5) is 1.43. The molecule has 3 heteroatoms. The fraction of sp³-hybridized carbons (Fsp3) is 0.467. The molecule has 2 rings (SSSR count). The van der Waals surface area contributed by atoms with Crippen LogP contribution >= 0.6 is 22.9 Å². The molecule has 0 aliphatic heterocycles. The van der Waals surface area contributed by atoms with Gasteiger partial charge in [0.05, 0.1) is 0 Å². The number of benzene rings is 1. The van der Waals surface area contributed by atoms with Crippen molar-refractivity contribution in [2.24, 2.45) is 0 Å². The highest BCUT2D eigenvalue weighted by molar-refractivity contribution is 7.19. The summed E-state index contributed by atoms with van der Waals surface area (Å²) in [5, 5.41) is 5.56. The summed E-state index contributed by atoms with van der Waals surface area (Å²) in [7, 11) is 0. The van der Waals surface area contributed by atoms with Crippen molar-refractivity contribution in [3.05, 3.63) is 33.7 Å². The van der Waals surface area contributed by atoms with E-state index < -0.39 is 0 Å². The molecule has 0 aliphatic rings. The molecular formula is C15H20ClNS. The normalized spacial score (nSPS) is 12.3. The zero-order chi connectivity index (χ0) is 13.3. The topological polar surface area (TPSA) is 12.0 Å². The second-order valence-corrected chi connectivity index (χ2v) is 7.14. The van der Waals surface area contributed by atoms with Crippen molar-refractivity contribution in [1.29, 1.82) is 0 Å². The molecule has 98 valence electrons. The summed E-state index contributed by atoms with van der Waals surface area (Å²) in [6, 6.07) is 6.21. The molecule has 0 unspecified atom stereocenters. The van der Waals surface area contributed by atoms with Crippen molar-refractivity contribution in [3.63, 3.8) is 0 Å². The van der Waals surface area contributed by atoms with Gasteiger partial charge >= 0.3 is 0 Å². The first kappa shape index (κ1) is 13.9. The van der Waals surface area contributed by atoms with Crippen molar-refractivity contribution in [1.82, 2.24) is 5.32 Å². The molecule has 18 heavy (non-hydrogen) atoms. The SMILES string of the molecule is CCNCc1sc2ccc(Cl)cc2c1C(C)(C)C. The number of rotatable bonds is 3. The largest absolute Gasteiger partial charge is 0.312 e. The molecule has 0 saturated carbocycles. The van der Waals surface area contributed by atoms with Crippen LogP contribution in [0.25, 0.3) is 10.1 Å². The minimum Gasteiger partial charge on any atom is -0.312 e. The first-order chi connectivity index (χ1) is 8.43. The third-order valence-electron chi connectivity index (χ3n) is 3.01. The van der Waals surface area contributed by atoms with E-state index in [1.54, 1.807) is 0 Å². The molecule has 0 saturated heterocycles. The molecule has 1 heterocycles. The van der Waals surface area contributed by atoms with Crippen LogP contribution in [0.4, 0.5) is 0 Å². The van der Waals surface area contributed by atoms with E-state index in [0.29, 0.717) is 0 Å². The first-order valence-corrected chi connectivity index (χ1v) is 7.55. The van der Waals surface area contributed by atoms with Gasteiger partial charge in [-0.1, -0.05) is 39.3 Å². The lowest BCUT2D eigenvalue weighted by Gasteiger charge is -2.20. The minimum atomic E-state index is 0.147. The number of thiophene rings is 1. The van der Waals surface area contributed by atoms with Gasteiger partial charge in [-0.2, -0.15) is 0 Å². The van der Waals surface area contributed by atoms with E-state index in [-0.39, 0.29) is 5.41 Å². The van der Waals surface area contributed by atoms with Gasteiger partial charge in [0.25, 0.3) is 0 Å². The van der Waals surface area contributed by atoms with Gasteiger partial charge in [-0.15, -0.1) is 11.3 Å². The molecule has 2 aromatic rings. The van der Waals surface area contributed by atoms with Gasteiger partial charge < -0.3 is 5.32 Å². The lowest BCUT2D eigenvalue weighted by atomic mass is 9.85. The van der Waals surface area contributed by atoms with Gasteiger partial charge in [0.2, 0.25) is 0 Å². The number of nitrogens with one attached hydrogen (secondary N) is 1. The highest BCUT2D eigenvalue weighted by atomic mass is 35.5. The number of fused-ring (bicyclic) bond motifs is 1. The molecule has 0 bridgehead atoms. The molecule has 0 amide bonds. The van der Waals surface area contributed by atoms with Crippen molar-refractivity contribution >= 4 is 33.0 Å². The van der Waals surface area contributed by atoms with Crippen molar-refractivity contribution in [2.45, 2.75) is 39.7 Å². The standard InChI is InChI=1S/C15H20ClNS/c1-5-17-9-13-14(15(2,3)4)11-8-10(16)6-7-12(11)18-13/h6-8,17H,5,9H2,1-4H3. The third-order valence-corrected chi connectivity index (χ3v) is 4.41. The predicted molar refractivity (Wildman–Crippen MR) is 82.9 cm³/mol. The highest BCUT2D eigenvalue weighted by Gasteiger charge is 2.23. The summed E-state index contributed by atoms with van der Waals surface area (Å²) >= 11 is 8.02. The van der Waals surface area contributed by atoms with Gasteiger partial charge in [-0.3, -0.25) is 0 Å². The number of hydrogen-bond acceptors (Lipinski definition) is 2. The molecule has 0 radical (unpaired) electrons. The van der Waals surface area contributed by atoms with Crippen LogP contribution in [0.15, 0.2) is 18.2 Å². The fourth-order valence-corrected chi connectivity index (χ4v) is 3.84. The van der Waals surface area contributed by atoms with Gasteiger partial charge in [0.15, 0.2) is 0 Å². The van der Waals surface area contributed by atoms with Crippen LogP contribution in [0.1, 0.15) is 38.1 Å². The van der Waals surface area contributed by atoms with Gasteiger partial charge in [-0.25, -0.2) is 0 Å². The van der Waals surface area contributed by atoms with Crippen molar-refractivity contribution in [3.8, 4) is 0 Å². The lowest BCUT2D eigenvalue weighted by molar-refractivity contribution is 0.585. The molecule has 0 atom stereocenters. The van der Waals surface area contributed by atoms with Crippen LogP contribution in [0, 0.1) is 0 Å². The van der Waals surface area contributed by atoms with Crippen LogP contribution < -0.4 is 5.32 Å². The summed E-state index contributed by atoms with van der Waals surface area (Å²) in [6.45, 7) is 10.9. The Morgan fingerprint density at radius 2 is 2.00 bits per heavy atom. The zero-order valence-corrected chi connectivity index (χ0v) is 13.0. The fourth-order valence-electron chi connectivity index (χ4n) is 2.31. The molecule has 0 aliphatic carbocycles. The Morgan fingerprint density at radius 3 is 2.61 bits per heavy atom. The number of halogens is 1. The molecule has 0 fully saturated rings. The third kappa shape index (κ3) is 2.71. The van der Waals surface area contributed by atoms with Gasteiger partial charge in [0, 0.05) is 21.1 Å². The van der Waals surface area contributed by atoms with E-state index in [1.807, 2.05) is 17.4 Å². The summed E-state index contributed by atoms with van der Waals surface area (Å²) in [5.74, 6) is 0.